The highest BCUT2D eigenvalue weighted by Gasteiger charge is 2.42. The lowest BCUT2D eigenvalue weighted by molar-refractivity contribution is -0.183. The second kappa shape index (κ2) is 8.56. The van der Waals surface area contributed by atoms with Crippen LogP contribution in [0.1, 0.15) is 36.0 Å². The average Bonchev–Trinajstić information content (AvgIpc) is 2.54. The summed E-state index contributed by atoms with van der Waals surface area (Å²) >= 11 is 0. The summed E-state index contributed by atoms with van der Waals surface area (Å²) in [4.78, 5) is 14.5. The second-order valence-electron chi connectivity index (χ2n) is 6.72. The molecule has 2 atom stereocenters. The predicted molar refractivity (Wildman–Crippen MR) is 89.8 cm³/mol. The van der Waals surface area contributed by atoms with Crippen molar-refractivity contribution in [2.75, 3.05) is 27.2 Å². The number of likely N-dealkylation sites (N-methyl/N-ethyl adjacent to an activating group) is 1. The van der Waals surface area contributed by atoms with Gasteiger partial charge in [0.1, 0.15) is 12.4 Å². The summed E-state index contributed by atoms with van der Waals surface area (Å²) in [5.74, 6) is -1.27. The zero-order valence-corrected chi connectivity index (χ0v) is 14.6. The number of alkyl halides is 3. The second-order valence-corrected chi connectivity index (χ2v) is 6.72. The number of nitrogens with one attached hydrogen (secondary N) is 1. The zero-order chi connectivity index (χ0) is 18.4. The lowest BCUT2D eigenvalue weighted by Crippen LogP contribution is -2.41. The van der Waals surface area contributed by atoms with E-state index in [-0.39, 0.29) is 18.7 Å². The van der Waals surface area contributed by atoms with E-state index in [9.17, 15) is 18.0 Å². The molecule has 0 radical (unpaired) electrons. The van der Waals surface area contributed by atoms with E-state index < -0.39 is 18.1 Å². The van der Waals surface area contributed by atoms with E-state index in [0.717, 1.165) is 0 Å². The molecule has 1 aliphatic carbocycles. The number of carbonyl (C=O) groups excluding carboxylic acids is 1. The van der Waals surface area contributed by atoms with Crippen LogP contribution in [0.5, 0.6) is 5.75 Å². The summed E-state index contributed by atoms with van der Waals surface area (Å²) in [5, 5.41) is 2.75. The van der Waals surface area contributed by atoms with Crippen molar-refractivity contribution in [1.29, 1.82) is 0 Å². The van der Waals surface area contributed by atoms with E-state index in [1.165, 1.54) is 0 Å². The third-order valence-electron chi connectivity index (χ3n) is 4.40. The molecule has 1 aromatic rings. The van der Waals surface area contributed by atoms with Gasteiger partial charge >= 0.3 is 6.18 Å². The van der Waals surface area contributed by atoms with Crippen molar-refractivity contribution >= 4 is 5.91 Å². The third-order valence-corrected chi connectivity index (χ3v) is 4.40. The van der Waals surface area contributed by atoms with Gasteiger partial charge in [-0.25, -0.2) is 0 Å². The summed E-state index contributed by atoms with van der Waals surface area (Å²) in [6, 6.07) is 6.35. The number of amides is 1. The minimum Gasteiger partial charge on any atom is -0.491 e. The zero-order valence-electron chi connectivity index (χ0n) is 14.6. The number of rotatable bonds is 6. The summed E-state index contributed by atoms with van der Waals surface area (Å²) in [6.07, 6.45) is -3.08. The van der Waals surface area contributed by atoms with Crippen LogP contribution in [0.2, 0.25) is 0 Å². The molecule has 1 amide bonds. The SMILES string of the molecule is CN(C)CCOc1ccccc1C(=O)NC1CCCC(C(F)(F)F)C1. The van der Waals surface area contributed by atoms with Crippen molar-refractivity contribution in [2.45, 2.75) is 37.9 Å². The monoisotopic (exact) mass is 358 g/mol. The van der Waals surface area contributed by atoms with E-state index in [0.29, 0.717) is 37.3 Å². The van der Waals surface area contributed by atoms with Crippen LogP contribution in [-0.2, 0) is 0 Å². The molecule has 7 heteroatoms. The van der Waals surface area contributed by atoms with E-state index in [1.54, 1.807) is 24.3 Å². The Morgan fingerprint density at radius 3 is 2.68 bits per heavy atom. The lowest BCUT2D eigenvalue weighted by atomic mass is 9.85. The standard InChI is InChI=1S/C18H25F3N2O2/c1-23(2)10-11-25-16-9-4-3-8-15(16)17(24)22-14-7-5-6-13(12-14)18(19,20)21/h3-4,8-9,13-14H,5-7,10-12H2,1-2H3,(H,22,24). The van der Waals surface area contributed by atoms with E-state index >= 15 is 0 Å². The Kier molecular flexibility index (Phi) is 6.70. The highest BCUT2D eigenvalue weighted by molar-refractivity contribution is 5.97. The number of hydrogen-bond acceptors (Lipinski definition) is 3. The van der Waals surface area contributed by atoms with Gasteiger partial charge in [-0.15, -0.1) is 0 Å². The highest BCUT2D eigenvalue weighted by Crippen LogP contribution is 2.37. The van der Waals surface area contributed by atoms with Crippen LogP contribution in [0.4, 0.5) is 13.2 Å². The molecule has 0 heterocycles. The quantitative estimate of drug-likeness (QED) is 0.847. The van der Waals surface area contributed by atoms with E-state index in [1.807, 2.05) is 19.0 Å². The van der Waals surface area contributed by atoms with Gasteiger partial charge in [0.2, 0.25) is 0 Å². The van der Waals surface area contributed by atoms with Crippen LogP contribution in [0, 0.1) is 5.92 Å². The van der Waals surface area contributed by atoms with Crippen molar-refractivity contribution < 1.29 is 22.7 Å². The molecule has 1 aliphatic rings. The Morgan fingerprint density at radius 1 is 1.28 bits per heavy atom. The lowest BCUT2D eigenvalue weighted by Gasteiger charge is -2.31. The molecular formula is C18H25F3N2O2. The molecule has 2 unspecified atom stereocenters. The molecule has 2 rings (SSSR count). The van der Waals surface area contributed by atoms with Crippen LogP contribution >= 0.6 is 0 Å². The summed E-state index contributed by atoms with van der Waals surface area (Å²) in [6.45, 7) is 1.13. The first-order valence-electron chi connectivity index (χ1n) is 8.51. The van der Waals surface area contributed by atoms with Gasteiger partial charge in [0.15, 0.2) is 0 Å². The highest BCUT2D eigenvalue weighted by atomic mass is 19.4. The minimum absolute atomic E-state index is 0.0567. The number of carbonyl (C=O) groups is 1. The fourth-order valence-electron chi connectivity index (χ4n) is 3.00. The topological polar surface area (TPSA) is 41.6 Å². The van der Waals surface area contributed by atoms with Crippen LogP contribution in [0.3, 0.4) is 0 Å². The van der Waals surface area contributed by atoms with Crippen molar-refractivity contribution in [3.63, 3.8) is 0 Å². The van der Waals surface area contributed by atoms with Crippen LogP contribution in [-0.4, -0.2) is 50.3 Å². The van der Waals surface area contributed by atoms with Crippen LogP contribution < -0.4 is 10.1 Å². The number of halogens is 3. The smallest absolute Gasteiger partial charge is 0.391 e. The van der Waals surface area contributed by atoms with Crippen LogP contribution in [0.25, 0.3) is 0 Å². The molecule has 0 saturated heterocycles. The van der Waals surface area contributed by atoms with Crippen LogP contribution in [0.15, 0.2) is 24.3 Å². The van der Waals surface area contributed by atoms with Crippen molar-refractivity contribution in [2.24, 2.45) is 5.92 Å². The van der Waals surface area contributed by atoms with E-state index in [4.69, 9.17) is 4.74 Å². The normalized spacial score (nSPS) is 21.2. The van der Waals surface area contributed by atoms with Crippen molar-refractivity contribution in [1.82, 2.24) is 10.2 Å². The first-order valence-corrected chi connectivity index (χ1v) is 8.51. The van der Waals surface area contributed by atoms with Gasteiger partial charge < -0.3 is 15.0 Å². The van der Waals surface area contributed by atoms with Gasteiger partial charge in [0.25, 0.3) is 5.91 Å². The number of benzene rings is 1. The average molecular weight is 358 g/mol. The Labute approximate surface area is 146 Å². The minimum atomic E-state index is -4.20. The molecule has 1 N–H and O–H groups in total. The molecule has 1 aromatic carbocycles. The maximum atomic E-state index is 12.9. The maximum absolute atomic E-state index is 12.9. The molecule has 0 spiro atoms. The van der Waals surface area contributed by atoms with Gasteiger partial charge in [-0.3, -0.25) is 4.79 Å². The molecule has 25 heavy (non-hydrogen) atoms. The van der Waals surface area contributed by atoms with Gasteiger partial charge in [0, 0.05) is 12.6 Å². The number of ether oxygens (including phenoxy) is 1. The number of hydrogen-bond donors (Lipinski definition) is 1. The third kappa shape index (κ3) is 5.92. The predicted octanol–water partition coefficient (Wildman–Crippen LogP) is 3.48. The van der Waals surface area contributed by atoms with Gasteiger partial charge in [-0.2, -0.15) is 13.2 Å². The summed E-state index contributed by atoms with van der Waals surface area (Å²) in [7, 11) is 3.84. The Morgan fingerprint density at radius 2 is 2.00 bits per heavy atom. The van der Waals surface area contributed by atoms with Crippen molar-refractivity contribution in [3.8, 4) is 5.75 Å². The Balaban J connectivity index is 1.98. The molecule has 1 saturated carbocycles. The Bertz CT molecular complexity index is 576. The molecule has 4 nitrogen and oxygen atoms in total. The van der Waals surface area contributed by atoms with Gasteiger partial charge in [-0.05, 0) is 45.5 Å². The van der Waals surface area contributed by atoms with E-state index in [2.05, 4.69) is 5.32 Å². The largest absolute Gasteiger partial charge is 0.491 e. The fourth-order valence-corrected chi connectivity index (χ4v) is 3.00. The fraction of sp³-hybridized carbons (Fsp3) is 0.611. The number of nitrogens with zero attached hydrogens (tertiary/aromatic N) is 1. The summed E-state index contributed by atoms with van der Waals surface area (Å²) in [5.41, 5.74) is 0.357. The first kappa shape index (κ1) is 19.6. The summed E-state index contributed by atoms with van der Waals surface area (Å²) < 4.78 is 44.4. The van der Waals surface area contributed by atoms with Gasteiger partial charge in [0.05, 0.1) is 11.5 Å². The molecule has 0 aliphatic heterocycles. The van der Waals surface area contributed by atoms with Gasteiger partial charge in [-0.1, -0.05) is 18.6 Å². The molecular weight excluding hydrogens is 333 g/mol. The molecule has 0 aromatic heterocycles. The number of para-hydroxylation sites is 1. The Hall–Kier alpha value is -1.76. The molecule has 140 valence electrons. The molecule has 1 fully saturated rings. The molecule has 0 bridgehead atoms. The maximum Gasteiger partial charge on any atom is 0.391 e. The first-order chi connectivity index (χ1) is 11.8. The van der Waals surface area contributed by atoms with Crippen molar-refractivity contribution in [3.05, 3.63) is 29.8 Å².